The van der Waals surface area contributed by atoms with Crippen molar-refractivity contribution in [2.45, 2.75) is 12.5 Å². The number of rotatable bonds is 0. The molecule has 92 valence electrons. The normalized spacial score (nSPS) is 22.3. The summed E-state index contributed by atoms with van der Waals surface area (Å²) in [5.74, 6) is -0.442. The summed E-state index contributed by atoms with van der Waals surface area (Å²) in [6.07, 6.45) is 0.498. The zero-order valence-corrected chi connectivity index (χ0v) is 9.64. The van der Waals surface area contributed by atoms with Gasteiger partial charge in [0.15, 0.2) is 0 Å². The molecule has 0 spiro atoms. The van der Waals surface area contributed by atoms with Crippen molar-refractivity contribution >= 4 is 17.5 Å². The number of hydrogen-bond donors (Lipinski definition) is 2. The van der Waals surface area contributed by atoms with Gasteiger partial charge in [-0.1, -0.05) is 12.2 Å². The van der Waals surface area contributed by atoms with Crippen LogP contribution in [-0.4, -0.2) is 34.4 Å². The predicted molar refractivity (Wildman–Crippen MR) is 65.3 cm³/mol. The zero-order chi connectivity index (χ0) is 12.9. The fourth-order valence-corrected chi connectivity index (χ4v) is 2.44. The summed E-state index contributed by atoms with van der Waals surface area (Å²) >= 11 is 0. The van der Waals surface area contributed by atoms with Gasteiger partial charge >= 0.3 is 0 Å². The largest absolute Gasteiger partial charge is 0.508 e. The van der Waals surface area contributed by atoms with Crippen LogP contribution in [0.4, 0.5) is 5.69 Å². The molecule has 1 fully saturated rings. The third-order valence-electron chi connectivity index (χ3n) is 3.31. The monoisotopic (exact) mass is 244 g/mol. The number of anilines is 1. The number of phenolic OH excluding ortho intramolecular Hbond substituents is 1. The van der Waals surface area contributed by atoms with Gasteiger partial charge in [0.25, 0.3) is 5.91 Å². The summed E-state index contributed by atoms with van der Waals surface area (Å²) in [4.78, 5) is 25.9. The van der Waals surface area contributed by atoms with E-state index >= 15 is 0 Å². The second-order valence-electron chi connectivity index (χ2n) is 4.62. The summed E-state index contributed by atoms with van der Waals surface area (Å²) in [6.45, 7) is 4.22. The molecular weight excluding hydrogens is 232 g/mol. The van der Waals surface area contributed by atoms with Gasteiger partial charge in [-0.2, -0.15) is 0 Å². The first-order valence-corrected chi connectivity index (χ1v) is 5.68. The maximum absolute atomic E-state index is 12.3. The Hall–Kier alpha value is -2.30. The number of phenols is 1. The molecule has 3 rings (SSSR count). The molecule has 2 aliphatic heterocycles. The van der Waals surface area contributed by atoms with Gasteiger partial charge in [0, 0.05) is 6.54 Å². The molecule has 0 radical (unpaired) electrons. The number of aromatic hydroxyl groups is 1. The molecule has 1 aromatic carbocycles. The number of nitrogens with one attached hydrogen (secondary N) is 1. The minimum absolute atomic E-state index is 0.00724. The van der Waals surface area contributed by atoms with Crippen LogP contribution in [0.15, 0.2) is 30.4 Å². The highest BCUT2D eigenvalue weighted by molar-refractivity contribution is 6.10. The Kier molecular flexibility index (Phi) is 2.16. The molecule has 0 saturated carbocycles. The van der Waals surface area contributed by atoms with E-state index in [1.807, 2.05) is 0 Å². The number of amides is 2. The molecule has 5 heteroatoms. The van der Waals surface area contributed by atoms with Crippen LogP contribution in [0.25, 0.3) is 0 Å². The third kappa shape index (κ3) is 1.48. The highest BCUT2D eigenvalue weighted by atomic mass is 16.3. The topological polar surface area (TPSA) is 69.6 Å². The molecule has 0 aromatic heterocycles. The molecule has 1 saturated heterocycles. The Morgan fingerprint density at radius 1 is 1.39 bits per heavy atom. The maximum Gasteiger partial charge on any atom is 0.257 e. The Labute approximate surface area is 104 Å². The fourth-order valence-electron chi connectivity index (χ4n) is 2.44. The van der Waals surface area contributed by atoms with Gasteiger partial charge in [-0.3, -0.25) is 9.59 Å². The number of carbonyl (C=O) groups is 2. The summed E-state index contributed by atoms with van der Waals surface area (Å²) in [7, 11) is 0. The molecule has 0 bridgehead atoms. The lowest BCUT2D eigenvalue weighted by atomic mass is 10.1. The van der Waals surface area contributed by atoms with Gasteiger partial charge < -0.3 is 15.3 Å². The summed E-state index contributed by atoms with van der Waals surface area (Å²) in [6, 6.07) is 3.88. The van der Waals surface area contributed by atoms with Crippen molar-refractivity contribution in [1.82, 2.24) is 4.90 Å². The standard InChI is InChI=1S/C13H12N2O3/c1-7-4-11-12(17)14-10-3-2-8(16)5-9(10)13(18)15(11)6-7/h2-3,5,11,16H,1,4,6H2,(H,14,17). The second-order valence-corrected chi connectivity index (χ2v) is 4.62. The minimum atomic E-state index is -0.487. The van der Waals surface area contributed by atoms with E-state index in [1.165, 1.54) is 23.1 Å². The van der Waals surface area contributed by atoms with Gasteiger partial charge in [-0.05, 0) is 24.6 Å². The molecular formula is C13H12N2O3. The minimum Gasteiger partial charge on any atom is -0.508 e. The second kappa shape index (κ2) is 3.60. The van der Waals surface area contributed by atoms with E-state index in [9.17, 15) is 14.7 Å². The molecule has 18 heavy (non-hydrogen) atoms. The fraction of sp³-hybridized carbons (Fsp3) is 0.231. The predicted octanol–water partition coefficient (Wildman–Crippen LogP) is 1.11. The van der Waals surface area contributed by atoms with E-state index in [0.29, 0.717) is 24.2 Å². The average Bonchev–Trinajstić information content (AvgIpc) is 2.69. The summed E-state index contributed by atoms with van der Waals surface area (Å²) < 4.78 is 0. The van der Waals surface area contributed by atoms with E-state index in [-0.39, 0.29) is 17.6 Å². The smallest absolute Gasteiger partial charge is 0.257 e. The lowest BCUT2D eigenvalue weighted by Gasteiger charge is -2.19. The number of nitrogens with zero attached hydrogens (tertiary/aromatic N) is 1. The Morgan fingerprint density at radius 2 is 2.17 bits per heavy atom. The van der Waals surface area contributed by atoms with E-state index in [2.05, 4.69) is 11.9 Å². The van der Waals surface area contributed by atoms with Crippen molar-refractivity contribution in [2.75, 3.05) is 11.9 Å². The van der Waals surface area contributed by atoms with E-state index in [1.54, 1.807) is 0 Å². The van der Waals surface area contributed by atoms with Gasteiger partial charge in [0.2, 0.25) is 5.91 Å². The zero-order valence-electron chi connectivity index (χ0n) is 9.64. The van der Waals surface area contributed by atoms with Crippen LogP contribution in [0, 0.1) is 0 Å². The maximum atomic E-state index is 12.3. The van der Waals surface area contributed by atoms with Crippen LogP contribution in [0.2, 0.25) is 0 Å². The van der Waals surface area contributed by atoms with Crippen LogP contribution in [0.5, 0.6) is 5.75 Å². The lowest BCUT2D eigenvalue weighted by molar-refractivity contribution is -0.119. The van der Waals surface area contributed by atoms with Crippen molar-refractivity contribution in [1.29, 1.82) is 0 Å². The van der Waals surface area contributed by atoms with Crippen molar-refractivity contribution in [3.8, 4) is 5.75 Å². The van der Waals surface area contributed by atoms with Crippen LogP contribution >= 0.6 is 0 Å². The first kappa shape index (κ1) is 10.8. The Morgan fingerprint density at radius 3 is 2.94 bits per heavy atom. The van der Waals surface area contributed by atoms with E-state index in [4.69, 9.17) is 0 Å². The lowest BCUT2D eigenvalue weighted by Crippen LogP contribution is -2.40. The van der Waals surface area contributed by atoms with Crippen molar-refractivity contribution in [3.63, 3.8) is 0 Å². The molecule has 2 aliphatic rings. The first-order chi connectivity index (χ1) is 8.56. The number of fused-ring (bicyclic) bond motifs is 2. The number of hydrogen-bond acceptors (Lipinski definition) is 3. The van der Waals surface area contributed by atoms with Gasteiger partial charge in [0.1, 0.15) is 11.8 Å². The summed E-state index contributed by atoms with van der Waals surface area (Å²) in [5, 5.41) is 12.2. The molecule has 1 unspecified atom stereocenters. The Bertz CT molecular complexity index is 580. The first-order valence-electron chi connectivity index (χ1n) is 5.68. The highest BCUT2D eigenvalue weighted by Crippen LogP contribution is 2.31. The van der Waals surface area contributed by atoms with Crippen molar-refractivity contribution in [2.24, 2.45) is 0 Å². The highest BCUT2D eigenvalue weighted by Gasteiger charge is 2.39. The molecule has 1 aromatic rings. The molecule has 2 heterocycles. The summed E-state index contributed by atoms with van der Waals surface area (Å²) in [5.41, 5.74) is 1.63. The average molecular weight is 244 g/mol. The van der Waals surface area contributed by atoms with Crippen molar-refractivity contribution < 1.29 is 14.7 Å². The van der Waals surface area contributed by atoms with Crippen LogP contribution < -0.4 is 5.32 Å². The molecule has 1 atom stereocenters. The molecule has 5 nitrogen and oxygen atoms in total. The van der Waals surface area contributed by atoms with Gasteiger partial charge in [-0.15, -0.1) is 0 Å². The van der Waals surface area contributed by atoms with Crippen LogP contribution in [-0.2, 0) is 4.79 Å². The third-order valence-corrected chi connectivity index (χ3v) is 3.31. The number of carbonyl (C=O) groups excluding carboxylic acids is 2. The molecule has 0 aliphatic carbocycles. The Balaban J connectivity index is 2.12. The van der Waals surface area contributed by atoms with Gasteiger partial charge in [-0.25, -0.2) is 0 Å². The SMILES string of the molecule is C=C1CC2C(=O)Nc3ccc(O)cc3C(=O)N2C1. The van der Waals surface area contributed by atoms with E-state index in [0.717, 1.165) is 5.57 Å². The van der Waals surface area contributed by atoms with Crippen LogP contribution in [0.3, 0.4) is 0 Å². The van der Waals surface area contributed by atoms with Gasteiger partial charge in [0.05, 0.1) is 11.3 Å². The van der Waals surface area contributed by atoms with Crippen LogP contribution in [0.1, 0.15) is 16.8 Å². The van der Waals surface area contributed by atoms with Crippen molar-refractivity contribution in [3.05, 3.63) is 35.9 Å². The molecule has 2 amide bonds. The quantitative estimate of drug-likeness (QED) is 0.530. The number of benzene rings is 1. The van der Waals surface area contributed by atoms with E-state index < -0.39 is 6.04 Å². The molecule has 2 N–H and O–H groups in total.